The van der Waals surface area contributed by atoms with E-state index in [1.54, 1.807) is 0 Å². The van der Waals surface area contributed by atoms with Crippen molar-refractivity contribution in [3.05, 3.63) is 16.1 Å². The van der Waals surface area contributed by atoms with Gasteiger partial charge in [0, 0.05) is 23.9 Å². The molecule has 1 saturated heterocycles. The average molecular weight is 253 g/mol. The maximum atomic E-state index is 4.80. The van der Waals surface area contributed by atoms with Crippen molar-refractivity contribution in [1.29, 1.82) is 0 Å². The number of thiazole rings is 1. The van der Waals surface area contributed by atoms with E-state index in [9.17, 15) is 0 Å². The van der Waals surface area contributed by atoms with Crippen LogP contribution >= 0.6 is 11.3 Å². The molecular formula is C13H23N3S. The molecule has 17 heavy (non-hydrogen) atoms. The fourth-order valence-corrected chi connectivity index (χ4v) is 3.42. The van der Waals surface area contributed by atoms with E-state index in [0.717, 1.165) is 0 Å². The molecule has 0 aromatic carbocycles. The van der Waals surface area contributed by atoms with Gasteiger partial charge in [-0.2, -0.15) is 0 Å². The Morgan fingerprint density at radius 3 is 3.18 bits per heavy atom. The van der Waals surface area contributed by atoms with E-state index in [0.29, 0.717) is 12.0 Å². The lowest BCUT2D eigenvalue weighted by atomic mass is 9.99. The van der Waals surface area contributed by atoms with Gasteiger partial charge in [-0.1, -0.05) is 6.92 Å². The lowest BCUT2D eigenvalue weighted by Gasteiger charge is -2.30. The number of likely N-dealkylation sites (tertiary alicyclic amines) is 1. The van der Waals surface area contributed by atoms with E-state index in [1.807, 2.05) is 18.4 Å². The minimum absolute atomic E-state index is 0.367. The smallest absolute Gasteiger partial charge is 0.0972 e. The van der Waals surface area contributed by atoms with Crippen molar-refractivity contribution in [1.82, 2.24) is 15.2 Å². The molecule has 2 heterocycles. The number of nitrogens with zero attached hydrogens (tertiary/aromatic N) is 2. The molecule has 1 fully saturated rings. The molecule has 0 saturated carbocycles. The fourth-order valence-electron chi connectivity index (χ4n) is 2.38. The molecule has 0 bridgehead atoms. The van der Waals surface area contributed by atoms with Crippen LogP contribution in [0, 0.1) is 0 Å². The van der Waals surface area contributed by atoms with Crippen LogP contribution in [0.4, 0.5) is 0 Å². The van der Waals surface area contributed by atoms with Crippen molar-refractivity contribution < 1.29 is 0 Å². The number of nitrogens with one attached hydrogen (secondary N) is 1. The highest BCUT2D eigenvalue weighted by molar-refractivity contribution is 7.09. The molecule has 1 aliphatic heterocycles. The van der Waals surface area contributed by atoms with Crippen LogP contribution in [0.15, 0.2) is 5.38 Å². The highest BCUT2D eigenvalue weighted by atomic mass is 32.1. The Morgan fingerprint density at radius 1 is 1.65 bits per heavy atom. The molecule has 0 aliphatic carbocycles. The molecule has 2 unspecified atom stereocenters. The van der Waals surface area contributed by atoms with Gasteiger partial charge in [-0.05, 0) is 39.9 Å². The highest BCUT2D eigenvalue weighted by Crippen LogP contribution is 2.30. The monoisotopic (exact) mass is 253 g/mol. The van der Waals surface area contributed by atoms with Crippen LogP contribution in [-0.2, 0) is 0 Å². The van der Waals surface area contributed by atoms with Gasteiger partial charge in [-0.25, -0.2) is 4.98 Å². The van der Waals surface area contributed by atoms with Crippen molar-refractivity contribution in [3.63, 3.8) is 0 Å². The molecule has 0 radical (unpaired) electrons. The van der Waals surface area contributed by atoms with Crippen molar-refractivity contribution in [2.45, 2.75) is 38.6 Å². The third-order valence-corrected chi connectivity index (χ3v) is 4.74. The molecule has 1 aromatic heterocycles. The number of hydrogen-bond donors (Lipinski definition) is 1. The minimum Gasteiger partial charge on any atom is -0.312 e. The predicted octanol–water partition coefficient (Wildman–Crippen LogP) is 2.62. The first kappa shape index (κ1) is 13.0. The zero-order chi connectivity index (χ0) is 12.3. The summed E-state index contributed by atoms with van der Waals surface area (Å²) in [6.45, 7) is 8.04. The molecule has 0 amide bonds. The number of aromatic nitrogens is 1. The van der Waals surface area contributed by atoms with E-state index in [2.05, 4.69) is 29.4 Å². The summed E-state index contributed by atoms with van der Waals surface area (Å²) in [4.78, 5) is 7.34. The van der Waals surface area contributed by atoms with Crippen molar-refractivity contribution in [3.8, 4) is 0 Å². The summed E-state index contributed by atoms with van der Waals surface area (Å²) in [5.41, 5.74) is 1.20. The van der Waals surface area contributed by atoms with Crippen molar-refractivity contribution >= 4 is 11.3 Å². The Kier molecular flexibility index (Phi) is 4.54. The second-order valence-corrected chi connectivity index (χ2v) is 5.74. The number of piperidine rings is 1. The molecule has 96 valence electrons. The maximum absolute atomic E-state index is 4.80. The normalized spacial score (nSPS) is 23.8. The van der Waals surface area contributed by atoms with Crippen LogP contribution in [0.5, 0.6) is 0 Å². The molecule has 2 atom stereocenters. The zero-order valence-corrected chi connectivity index (χ0v) is 11.9. The minimum atomic E-state index is 0.367. The van der Waals surface area contributed by atoms with Crippen LogP contribution in [0.25, 0.3) is 0 Å². The van der Waals surface area contributed by atoms with Gasteiger partial charge in [-0.3, -0.25) is 0 Å². The molecule has 3 nitrogen and oxygen atoms in total. The fraction of sp³-hybridized carbons (Fsp3) is 0.769. The SMILES string of the molecule is CCN1CCCC(c2nc(C(C)NC)cs2)C1. The van der Waals surface area contributed by atoms with E-state index in [-0.39, 0.29) is 0 Å². The largest absolute Gasteiger partial charge is 0.312 e. The van der Waals surface area contributed by atoms with Crippen molar-refractivity contribution in [2.75, 3.05) is 26.7 Å². The molecule has 1 aliphatic rings. The second-order valence-electron chi connectivity index (χ2n) is 4.85. The molecular weight excluding hydrogens is 230 g/mol. The Labute approximate surface area is 108 Å². The summed E-state index contributed by atoms with van der Waals surface area (Å²) < 4.78 is 0. The summed E-state index contributed by atoms with van der Waals surface area (Å²) in [5, 5.41) is 6.79. The summed E-state index contributed by atoms with van der Waals surface area (Å²) in [5.74, 6) is 0.659. The summed E-state index contributed by atoms with van der Waals surface area (Å²) in [6, 6.07) is 0.367. The molecule has 1 N–H and O–H groups in total. The van der Waals surface area contributed by atoms with Crippen LogP contribution < -0.4 is 5.32 Å². The summed E-state index contributed by atoms with van der Waals surface area (Å²) in [6.07, 6.45) is 2.62. The molecule has 4 heteroatoms. The predicted molar refractivity (Wildman–Crippen MR) is 73.7 cm³/mol. The van der Waals surface area contributed by atoms with Gasteiger partial charge < -0.3 is 10.2 Å². The molecule has 1 aromatic rings. The Bertz CT molecular complexity index is 350. The van der Waals surface area contributed by atoms with Gasteiger partial charge in [0.25, 0.3) is 0 Å². The standard InChI is InChI=1S/C13H23N3S/c1-4-16-7-5-6-11(8-16)13-15-12(9-17-13)10(2)14-3/h9-11,14H,4-8H2,1-3H3. The van der Waals surface area contributed by atoms with Crippen molar-refractivity contribution in [2.24, 2.45) is 0 Å². The average Bonchev–Trinajstić information content (AvgIpc) is 2.87. The van der Waals surface area contributed by atoms with Gasteiger partial charge in [0.1, 0.15) is 0 Å². The lowest BCUT2D eigenvalue weighted by molar-refractivity contribution is 0.217. The number of hydrogen-bond acceptors (Lipinski definition) is 4. The summed E-state index contributed by atoms with van der Waals surface area (Å²) in [7, 11) is 1.99. The van der Waals surface area contributed by atoms with E-state index in [1.165, 1.54) is 43.2 Å². The number of rotatable bonds is 4. The van der Waals surface area contributed by atoms with Crippen LogP contribution in [0.2, 0.25) is 0 Å². The second kappa shape index (κ2) is 5.94. The molecule has 0 spiro atoms. The van der Waals surface area contributed by atoms with Crippen LogP contribution in [0.1, 0.15) is 49.4 Å². The van der Waals surface area contributed by atoms with E-state index < -0.39 is 0 Å². The van der Waals surface area contributed by atoms with Crippen LogP contribution in [0.3, 0.4) is 0 Å². The van der Waals surface area contributed by atoms with Crippen LogP contribution in [-0.4, -0.2) is 36.6 Å². The highest BCUT2D eigenvalue weighted by Gasteiger charge is 2.23. The van der Waals surface area contributed by atoms with E-state index in [4.69, 9.17) is 4.98 Å². The first-order valence-corrected chi connectivity index (χ1v) is 7.47. The van der Waals surface area contributed by atoms with Gasteiger partial charge in [0.2, 0.25) is 0 Å². The number of likely N-dealkylation sites (N-methyl/N-ethyl adjacent to an activating group) is 1. The first-order chi connectivity index (χ1) is 8.24. The lowest BCUT2D eigenvalue weighted by Crippen LogP contribution is -2.34. The van der Waals surface area contributed by atoms with Gasteiger partial charge in [-0.15, -0.1) is 11.3 Å². The Morgan fingerprint density at radius 2 is 2.47 bits per heavy atom. The third kappa shape index (κ3) is 3.06. The Hall–Kier alpha value is -0.450. The maximum Gasteiger partial charge on any atom is 0.0972 e. The first-order valence-electron chi connectivity index (χ1n) is 6.59. The van der Waals surface area contributed by atoms with E-state index >= 15 is 0 Å². The van der Waals surface area contributed by atoms with Gasteiger partial charge in [0.15, 0.2) is 0 Å². The van der Waals surface area contributed by atoms with Gasteiger partial charge in [0.05, 0.1) is 10.7 Å². The van der Waals surface area contributed by atoms with Gasteiger partial charge >= 0.3 is 0 Å². The zero-order valence-electron chi connectivity index (χ0n) is 11.1. The quantitative estimate of drug-likeness (QED) is 0.894. The topological polar surface area (TPSA) is 28.2 Å². The third-order valence-electron chi connectivity index (χ3n) is 3.72. The summed E-state index contributed by atoms with van der Waals surface area (Å²) >= 11 is 1.83. The Balaban J connectivity index is 2.04. The molecule has 2 rings (SSSR count).